The van der Waals surface area contributed by atoms with Gasteiger partial charge in [-0.15, -0.1) is 0 Å². The van der Waals surface area contributed by atoms with Gasteiger partial charge in [-0.25, -0.2) is 32.6 Å². The van der Waals surface area contributed by atoms with E-state index in [-0.39, 0.29) is 16.7 Å². The molecule has 0 saturated heterocycles. The third kappa shape index (κ3) is 3.34. The Hall–Kier alpha value is -2.69. The zero-order chi connectivity index (χ0) is 18.3. The number of hydrogen-bond acceptors (Lipinski definition) is 7. The first-order valence-corrected chi connectivity index (χ1v) is 9.79. The highest BCUT2D eigenvalue weighted by atomic mass is 32.2. The maximum absolute atomic E-state index is 12.5. The zero-order valence-corrected chi connectivity index (χ0v) is 14.9. The molecule has 0 bridgehead atoms. The minimum Gasteiger partial charge on any atom is -0.477 e. The number of nitrogens with one attached hydrogen (secondary N) is 2. The number of urea groups is 1. The number of amides is 2. The van der Waals surface area contributed by atoms with Gasteiger partial charge >= 0.3 is 6.03 Å². The van der Waals surface area contributed by atoms with Crippen LogP contribution in [0.25, 0.3) is 0 Å². The molecule has 2 aliphatic rings. The van der Waals surface area contributed by atoms with Gasteiger partial charge in [0.15, 0.2) is 4.90 Å². The highest BCUT2D eigenvalue weighted by Gasteiger charge is 2.29. The number of carbonyl (C=O) groups is 1. The third-order valence-electron chi connectivity index (χ3n) is 4.12. The Morgan fingerprint density at radius 1 is 1.35 bits per heavy atom. The molecule has 1 aliphatic carbocycles. The van der Waals surface area contributed by atoms with Crippen molar-refractivity contribution >= 4 is 22.0 Å². The van der Waals surface area contributed by atoms with Crippen LogP contribution in [0.4, 0.5) is 10.7 Å². The molecule has 138 valence electrons. The van der Waals surface area contributed by atoms with E-state index >= 15 is 0 Å². The van der Waals surface area contributed by atoms with E-state index in [2.05, 4.69) is 20.4 Å². The molecule has 1 saturated carbocycles. The minimum atomic E-state index is -4.13. The molecule has 2 aromatic heterocycles. The molecule has 11 heteroatoms. The Labute approximate surface area is 150 Å². The number of aryl methyl sites for hydroxylation is 2. The van der Waals surface area contributed by atoms with Crippen LogP contribution in [-0.4, -0.2) is 40.8 Å². The fourth-order valence-corrected chi connectivity index (χ4v) is 3.76. The standard InChI is InChI=1S/C15H18N6O4S/c1-9-7-11(10-3-4-10)18-14(17-9)19-15(22)20-26(23,24)12-8-16-21-5-2-6-25-13(12)21/h7-8,10H,2-6H2,1H3,(H2,17,18,19,20,22). The zero-order valence-electron chi connectivity index (χ0n) is 14.1. The minimum absolute atomic E-state index is 0.0767. The smallest absolute Gasteiger partial charge is 0.335 e. The van der Waals surface area contributed by atoms with Crippen LogP contribution in [0.15, 0.2) is 17.2 Å². The number of aromatic nitrogens is 4. The van der Waals surface area contributed by atoms with Crippen LogP contribution < -0.4 is 14.8 Å². The molecular weight excluding hydrogens is 360 g/mol. The van der Waals surface area contributed by atoms with Crippen molar-refractivity contribution in [1.82, 2.24) is 24.5 Å². The Balaban J connectivity index is 1.50. The fraction of sp³-hybridized carbons (Fsp3) is 0.467. The van der Waals surface area contributed by atoms with Crippen LogP contribution in [0.5, 0.6) is 5.88 Å². The van der Waals surface area contributed by atoms with Crippen molar-refractivity contribution in [1.29, 1.82) is 0 Å². The lowest BCUT2D eigenvalue weighted by atomic mass is 10.2. The summed E-state index contributed by atoms with van der Waals surface area (Å²) in [6.07, 6.45) is 4.03. The molecule has 4 rings (SSSR count). The molecule has 1 fully saturated rings. The van der Waals surface area contributed by atoms with Gasteiger partial charge in [0.05, 0.1) is 12.8 Å². The highest BCUT2D eigenvalue weighted by Crippen LogP contribution is 2.39. The first kappa shape index (κ1) is 16.8. The summed E-state index contributed by atoms with van der Waals surface area (Å²) in [5, 5.41) is 6.36. The Kier molecular flexibility index (Phi) is 4.02. The van der Waals surface area contributed by atoms with Gasteiger partial charge in [-0.2, -0.15) is 5.10 Å². The molecule has 1 aliphatic heterocycles. The number of sulfonamides is 1. The van der Waals surface area contributed by atoms with E-state index in [9.17, 15) is 13.2 Å². The highest BCUT2D eigenvalue weighted by molar-refractivity contribution is 7.90. The quantitative estimate of drug-likeness (QED) is 0.816. The summed E-state index contributed by atoms with van der Waals surface area (Å²) in [5.74, 6) is 0.604. The number of fused-ring (bicyclic) bond motifs is 1. The van der Waals surface area contributed by atoms with Crippen LogP contribution in [0, 0.1) is 6.92 Å². The molecule has 0 spiro atoms. The van der Waals surface area contributed by atoms with Gasteiger partial charge in [-0.1, -0.05) is 0 Å². The summed E-state index contributed by atoms with van der Waals surface area (Å²) in [6, 6.07) is 0.932. The molecule has 2 aromatic rings. The van der Waals surface area contributed by atoms with Crippen molar-refractivity contribution in [3.05, 3.63) is 23.7 Å². The second-order valence-electron chi connectivity index (χ2n) is 6.33. The van der Waals surface area contributed by atoms with Crippen LogP contribution in [0.1, 0.15) is 36.6 Å². The Bertz CT molecular complexity index is 967. The summed E-state index contributed by atoms with van der Waals surface area (Å²) in [5.41, 5.74) is 1.56. The fourth-order valence-electron chi connectivity index (χ4n) is 2.77. The van der Waals surface area contributed by atoms with Gasteiger partial charge in [0.2, 0.25) is 11.8 Å². The lowest BCUT2D eigenvalue weighted by Crippen LogP contribution is -2.35. The largest absolute Gasteiger partial charge is 0.477 e. The van der Waals surface area contributed by atoms with E-state index in [0.29, 0.717) is 24.8 Å². The maximum Gasteiger partial charge on any atom is 0.335 e. The van der Waals surface area contributed by atoms with Crippen LogP contribution in [-0.2, 0) is 16.6 Å². The number of nitrogens with zero attached hydrogens (tertiary/aromatic N) is 4. The first-order chi connectivity index (χ1) is 12.4. The van der Waals surface area contributed by atoms with Gasteiger partial charge < -0.3 is 4.74 Å². The molecular formula is C15H18N6O4S. The van der Waals surface area contributed by atoms with E-state index < -0.39 is 16.1 Å². The summed E-state index contributed by atoms with van der Waals surface area (Å²) in [4.78, 5) is 20.4. The molecule has 0 unspecified atom stereocenters. The van der Waals surface area contributed by atoms with E-state index in [1.807, 2.05) is 10.8 Å². The van der Waals surface area contributed by atoms with Crippen molar-refractivity contribution in [2.45, 2.75) is 43.5 Å². The van der Waals surface area contributed by atoms with Crippen molar-refractivity contribution in [2.75, 3.05) is 11.9 Å². The first-order valence-electron chi connectivity index (χ1n) is 8.30. The van der Waals surface area contributed by atoms with Gasteiger partial charge in [0.25, 0.3) is 10.0 Å². The summed E-state index contributed by atoms with van der Waals surface area (Å²) < 4.78 is 33.7. The lowest BCUT2D eigenvalue weighted by molar-refractivity contribution is 0.224. The van der Waals surface area contributed by atoms with Gasteiger partial charge in [-0.3, -0.25) is 5.32 Å². The number of carbonyl (C=O) groups excluding carboxylic acids is 1. The molecule has 2 amide bonds. The average molecular weight is 378 g/mol. The second kappa shape index (κ2) is 6.24. The van der Waals surface area contributed by atoms with E-state index in [0.717, 1.165) is 25.0 Å². The monoisotopic (exact) mass is 378 g/mol. The SMILES string of the molecule is Cc1cc(C2CC2)nc(NC(=O)NS(=O)(=O)c2cnn3c2OCCC3)n1. The summed E-state index contributed by atoms with van der Waals surface area (Å²) in [7, 11) is -4.13. The van der Waals surface area contributed by atoms with Crippen molar-refractivity contribution in [3.63, 3.8) is 0 Å². The molecule has 3 heterocycles. The Morgan fingerprint density at radius 2 is 2.15 bits per heavy atom. The third-order valence-corrected chi connectivity index (χ3v) is 5.44. The van der Waals surface area contributed by atoms with Crippen LogP contribution in [0.3, 0.4) is 0 Å². The van der Waals surface area contributed by atoms with E-state index in [1.165, 1.54) is 10.9 Å². The van der Waals surface area contributed by atoms with Gasteiger partial charge in [0.1, 0.15) is 0 Å². The summed E-state index contributed by atoms with van der Waals surface area (Å²) >= 11 is 0. The van der Waals surface area contributed by atoms with Crippen molar-refractivity contribution in [3.8, 4) is 5.88 Å². The number of ether oxygens (including phenoxy) is 1. The normalized spacial score (nSPS) is 16.5. The molecule has 26 heavy (non-hydrogen) atoms. The number of hydrogen-bond donors (Lipinski definition) is 2. The lowest BCUT2D eigenvalue weighted by Gasteiger charge is -2.16. The van der Waals surface area contributed by atoms with E-state index in [4.69, 9.17) is 4.74 Å². The summed E-state index contributed by atoms with van der Waals surface area (Å²) in [6.45, 7) is 2.77. The second-order valence-corrected chi connectivity index (χ2v) is 7.98. The predicted molar refractivity (Wildman–Crippen MR) is 90.4 cm³/mol. The molecule has 0 atom stereocenters. The van der Waals surface area contributed by atoms with Crippen LogP contribution in [0.2, 0.25) is 0 Å². The molecule has 2 N–H and O–H groups in total. The average Bonchev–Trinajstić information content (AvgIpc) is 3.32. The van der Waals surface area contributed by atoms with Crippen LogP contribution >= 0.6 is 0 Å². The number of anilines is 1. The van der Waals surface area contributed by atoms with Gasteiger partial charge in [0, 0.05) is 30.3 Å². The van der Waals surface area contributed by atoms with E-state index in [1.54, 1.807) is 6.92 Å². The van der Waals surface area contributed by atoms with Crippen molar-refractivity contribution < 1.29 is 17.9 Å². The topological polar surface area (TPSA) is 128 Å². The molecule has 10 nitrogen and oxygen atoms in total. The predicted octanol–water partition coefficient (Wildman–Crippen LogP) is 1.15. The maximum atomic E-state index is 12.5. The number of rotatable bonds is 4. The van der Waals surface area contributed by atoms with Gasteiger partial charge in [-0.05, 0) is 25.8 Å². The Morgan fingerprint density at radius 3 is 2.92 bits per heavy atom. The molecule has 0 aromatic carbocycles. The molecule has 0 radical (unpaired) electrons. The van der Waals surface area contributed by atoms with Crippen molar-refractivity contribution in [2.24, 2.45) is 0 Å².